The summed E-state index contributed by atoms with van der Waals surface area (Å²) in [6.45, 7) is 6.34. The predicted octanol–water partition coefficient (Wildman–Crippen LogP) is 7.70. The average Bonchev–Trinajstić information content (AvgIpc) is 4.09. The predicted molar refractivity (Wildman–Crippen MR) is 260 cm³/mol. The molecule has 6 aromatic rings. The van der Waals surface area contributed by atoms with Crippen molar-refractivity contribution >= 4 is 80.6 Å². The molecule has 2 aliphatic rings. The Hall–Kier alpha value is -8.21. The van der Waals surface area contributed by atoms with E-state index in [-0.39, 0.29) is 19.0 Å². The van der Waals surface area contributed by atoms with E-state index in [9.17, 15) is 43.8 Å². The molecule has 69 heavy (non-hydrogen) atoms. The number of amides is 7. The molecule has 0 spiro atoms. The highest BCUT2D eigenvalue weighted by molar-refractivity contribution is 6.11. The van der Waals surface area contributed by atoms with Crippen molar-refractivity contribution in [2.75, 3.05) is 29.0 Å². The Labute approximate surface area is 397 Å². The lowest BCUT2D eigenvalue weighted by Crippen LogP contribution is -2.48. The number of hydrogen-bond acceptors (Lipinski definition) is 7. The highest BCUT2D eigenvalue weighted by atomic mass is 16.4. The normalized spacial score (nSPS) is 16.7. The van der Waals surface area contributed by atoms with Gasteiger partial charge >= 0.3 is 12.2 Å². The zero-order valence-corrected chi connectivity index (χ0v) is 38.4. The van der Waals surface area contributed by atoms with Crippen LogP contribution in [-0.2, 0) is 30.5 Å². The number of nitrogens with zero attached hydrogens (tertiary/aromatic N) is 3. The van der Waals surface area contributed by atoms with E-state index in [0.29, 0.717) is 60.4 Å². The van der Waals surface area contributed by atoms with Gasteiger partial charge in [0.2, 0.25) is 17.7 Å². The fraction of sp³-hybridized carbons (Fsp3) is 0.288. The molecular formula is C52H54N8O9. The van der Waals surface area contributed by atoms with Gasteiger partial charge in [0.25, 0.3) is 11.8 Å². The number of likely N-dealkylation sites (tertiary alicyclic amines) is 2. The van der Waals surface area contributed by atoms with Crippen molar-refractivity contribution in [3.8, 4) is 0 Å². The largest absolute Gasteiger partial charge is 0.465 e. The first-order valence-electron chi connectivity index (χ1n) is 22.8. The van der Waals surface area contributed by atoms with E-state index in [1.807, 2.05) is 73.9 Å². The van der Waals surface area contributed by atoms with Gasteiger partial charge in [0.1, 0.15) is 24.2 Å². The van der Waals surface area contributed by atoms with Gasteiger partial charge in [-0.3, -0.25) is 24.0 Å². The summed E-state index contributed by atoms with van der Waals surface area (Å²) in [5.41, 5.74) is 4.11. The van der Waals surface area contributed by atoms with Crippen LogP contribution in [0.2, 0.25) is 0 Å². The second kappa shape index (κ2) is 19.9. The number of benzene rings is 5. The van der Waals surface area contributed by atoms with E-state index < -0.39 is 65.4 Å². The lowest BCUT2D eigenvalue weighted by atomic mass is 9.95. The molecule has 3 heterocycles. The van der Waals surface area contributed by atoms with Crippen molar-refractivity contribution < 1.29 is 43.8 Å². The molecule has 7 N–H and O–H groups in total. The Morgan fingerprint density at radius 1 is 0.565 bits per heavy atom. The lowest BCUT2D eigenvalue weighted by Gasteiger charge is -2.28. The molecule has 2 fully saturated rings. The van der Waals surface area contributed by atoms with Crippen LogP contribution in [-0.4, -0.2) is 91.5 Å². The van der Waals surface area contributed by atoms with Gasteiger partial charge in [-0.2, -0.15) is 0 Å². The number of carbonyl (C=O) groups is 7. The van der Waals surface area contributed by atoms with Crippen molar-refractivity contribution in [1.29, 1.82) is 0 Å². The van der Waals surface area contributed by atoms with E-state index in [2.05, 4.69) is 26.6 Å². The van der Waals surface area contributed by atoms with Crippen LogP contribution < -0.4 is 26.6 Å². The van der Waals surface area contributed by atoms with Gasteiger partial charge in [-0.25, -0.2) is 9.59 Å². The van der Waals surface area contributed by atoms with Crippen LogP contribution in [0, 0.1) is 5.41 Å². The Kier molecular flexibility index (Phi) is 13.7. The van der Waals surface area contributed by atoms with Crippen LogP contribution in [0.5, 0.6) is 0 Å². The quantitative estimate of drug-likeness (QED) is 0.0601. The van der Waals surface area contributed by atoms with Gasteiger partial charge in [-0.1, -0.05) is 106 Å². The van der Waals surface area contributed by atoms with E-state index in [4.69, 9.17) is 0 Å². The molecule has 0 bridgehead atoms. The second-order valence-electron chi connectivity index (χ2n) is 18.4. The maximum atomic E-state index is 14.1. The van der Waals surface area contributed by atoms with Crippen LogP contribution in [0.4, 0.5) is 26.7 Å². The molecule has 0 radical (unpaired) electrons. The number of hydrogen-bond donors (Lipinski definition) is 7. The van der Waals surface area contributed by atoms with Crippen molar-refractivity contribution in [3.05, 3.63) is 138 Å². The van der Waals surface area contributed by atoms with Crippen LogP contribution in [0.25, 0.3) is 21.8 Å². The summed E-state index contributed by atoms with van der Waals surface area (Å²) in [7, 11) is 0. The molecular weight excluding hydrogens is 881 g/mol. The molecule has 0 saturated carbocycles. The first-order valence-corrected chi connectivity index (χ1v) is 22.8. The standard InChI is InChI=1S/C52H54N8O9/c1-52(2,3)49(65)55-34-18-10-13-31(27-34)30-60-41-28-35(53-45(61)39-19-11-25-58(39)47(63)43(56-50(66)67)32-14-6-4-7-15-32)21-23-37(41)38-24-22-36(29-42(38)60)54-46(62)40-20-12-26-59(40)48(64)44(57-51(68)69)33-16-8-5-9-17-33/h4-10,13-18,21-24,27-29,39-40,43-44,56-57H,11-12,19-20,25-26,30H2,1-3H3,(H,53,61)(H,54,62)(H,55,65)(H,66,67)(H,68,69)/t39-,40-,43?,44?/m0/s1. The van der Waals surface area contributed by atoms with Gasteiger partial charge in [0.15, 0.2) is 0 Å². The summed E-state index contributed by atoms with van der Waals surface area (Å²) in [6, 6.07) is 31.4. The summed E-state index contributed by atoms with van der Waals surface area (Å²) in [5, 5.41) is 34.6. The number of carbonyl (C=O) groups excluding carboxylic acids is 5. The lowest BCUT2D eigenvalue weighted by molar-refractivity contribution is -0.138. The zero-order chi connectivity index (χ0) is 49.0. The third kappa shape index (κ3) is 10.5. The van der Waals surface area contributed by atoms with Crippen molar-refractivity contribution in [1.82, 2.24) is 25.0 Å². The summed E-state index contributed by atoms with van der Waals surface area (Å²) < 4.78 is 2.04. The van der Waals surface area contributed by atoms with Gasteiger partial charge in [0.05, 0.1) is 11.0 Å². The third-order valence-electron chi connectivity index (χ3n) is 12.6. The molecule has 4 atom stereocenters. The molecule has 2 unspecified atom stereocenters. The molecule has 356 valence electrons. The smallest absolute Gasteiger partial charge is 0.405 e. The topological polar surface area (TPSA) is 232 Å². The maximum Gasteiger partial charge on any atom is 0.405 e. The average molecular weight is 935 g/mol. The Morgan fingerprint density at radius 2 is 1.01 bits per heavy atom. The fourth-order valence-corrected chi connectivity index (χ4v) is 9.17. The number of fused-ring (bicyclic) bond motifs is 3. The van der Waals surface area contributed by atoms with Crippen LogP contribution in [0.1, 0.15) is 75.2 Å². The summed E-state index contributed by atoms with van der Waals surface area (Å²) in [5.74, 6) is -2.06. The second-order valence-corrected chi connectivity index (χ2v) is 18.4. The van der Waals surface area contributed by atoms with Gasteiger partial charge in [-0.15, -0.1) is 0 Å². The number of carboxylic acid groups (broad SMARTS) is 2. The van der Waals surface area contributed by atoms with Crippen LogP contribution in [0.3, 0.4) is 0 Å². The highest BCUT2D eigenvalue weighted by Crippen LogP contribution is 2.35. The summed E-state index contributed by atoms with van der Waals surface area (Å²) in [4.78, 5) is 95.4. The monoisotopic (exact) mass is 934 g/mol. The van der Waals surface area contributed by atoms with E-state index in [1.54, 1.807) is 72.8 Å². The Balaban J connectivity index is 1.10. The number of aromatic nitrogens is 1. The molecule has 0 aliphatic carbocycles. The first kappa shape index (κ1) is 47.3. The summed E-state index contributed by atoms with van der Waals surface area (Å²) >= 11 is 0. The first-order chi connectivity index (χ1) is 33.0. The van der Waals surface area contributed by atoms with Gasteiger partial charge < -0.3 is 51.2 Å². The van der Waals surface area contributed by atoms with Crippen molar-refractivity contribution in [2.24, 2.45) is 5.41 Å². The molecule has 17 nitrogen and oxygen atoms in total. The fourth-order valence-electron chi connectivity index (χ4n) is 9.17. The van der Waals surface area contributed by atoms with Gasteiger partial charge in [0, 0.05) is 52.9 Å². The minimum atomic E-state index is -1.37. The number of rotatable bonds is 13. The molecule has 17 heteroatoms. The van der Waals surface area contributed by atoms with Crippen molar-refractivity contribution in [2.45, 2.75) is 77.2 Å². The van der Waals surface area contributed by atoms with Crippen molar-refractivity contribution in [3.63, 3.8) is 0 Å². The molecule has 8 rings (SSSR count). The number of anilines is 3. The molecule has 7 amide bonds. The molecule has 5 aromatic carbocycles. The van der Waals surface area contributed by atoms with E-state index in [0.717, 1.165) is 27.4 Å². The minimum Gasteiger partial charge on any atom is -0.465 e. The summed E-state index contributed by atoms with van der Waals surface area (Å²) in [6.07, 6.45) is -0.881. The van der Waals surface area contributed by atoms with Crippen LogP contribution >= 0.6 is 0 Å². The maximum absolute atomic E-state index is 14.1. The van der Waals surface area contributed by atoms with Gasteiger partial charge in [-0.05, 0) is 78.8 Å². The van der Waals surface area contributed by atoms with Crippen LogP contribution in [0.15, 0.2) is 121 Å². The molecule has 2 aliphatic heterocycles. The minimum absolute atomic E-state index is 0.148. The van der Waals surface area contributed by atoms with E-state index >= 15 is 0 Å². The SMILES string of the molecule is CC(C)(C)C(=O)Nc1cccc(Cn2c3cc(NC(=O)[C@@H]4CCCN4C(=O)C(NC(=O)O)c4ccccc4)ccc3c3ccc(NC(=O)[C@@H]4CCCN4C(=O)C(NC(=O)O)c4ccccc4)cc32)c1. The Morgan fingerprint density at radius 3 is 1.45 bits per heavy atom. The highest BCUT2D eigenvalue weighted by Gasteiger charge is 2.40. The van der Waals surface area contributed by atoms with E-state index in [1.165, 1.54) is 9.80 Å². The molecule has 1 aromatic heterocycles. The zero-order valence-electron chi connectivity index (χ0n) is 38.4. The third-order valence-corrected chi connectivity index (χ3v) is 12.6. The number of nitrogens with one attached hydrogen (secondary N) is 5. The molecule has 2 saturated heterocycles. The Bertz CT molecular complexity index is 2790.